The summed E-state index contributed by atoms with van der Waals surface area (Å²) >= 11 is 8.09. The molecule has 0 rings (SSSR count). The molecule has 0 aromatic carbocycles. The van der Waals surface area contributed by atoms with E-state index in [0.717, 1.165) is 0 Å². The van der Waals surface area contributed by atoms with Crippen LogP contribution in [-0.4, -0.2) is 132 Å². The number of hydrogen-bond acceptors (Lipinski definition) is 13. The predicted molar refractivity (Wildman–Crippen MR) is 237 cm³/mol. The lowest BCUT2D eigenvalue weighted by Gasteiger charge is -2.30. The Morgan fingerprint density at radius 2 is 1.02 bits per heavy atom. The first-order valence-corrected chi connectivity index (χ1v) is 21.3. The lowest BCUT2D eigenvalue weighted by atomic mass is 9.96. The number of unbranched alkanes of at least 4 members (excludes halogenated alkanes) is 1. The number of carboxylic acids is 1. The summed E-state index contributed by atoms with van der Waals surface area (Å²) < 4.78 is 0. The SMILES string of the molecule is CC[C@H](C)[C@H](NC(=O)[C@H](CCCN=C(N)N)NC(=O)[C@H](CCCN=C(N)N)NC(=O)[C@@H](N)CCCCN)C(=O)N[C@@H](CC(C)C)C(=O)N[C@@H](CS)C(=O)N[C@@H](CS)C(=O)O. The molecule has 0 aromatic heterocycles. The number of carbonyl (C=O) groups excluding carboxylic acids is 6. The molecule has 6 amide bonds. The number of hydrogen-bond donors (Lipinski definition) is 15. The number of guanidine groups is 2. The zero-order valence-electron chi connectivity index (χ0n) is 35.2. The van der Waals surface area contributed by atoms with Crippen molar-refractivity contribution in [1.29, 1.82) is 0 Å². The second-order valence-corrected chi connectivity index (χ2v) is 15.5. The van der Waals surface area contributed by atoms with Crippen LogP contribution >= 0.6 is 25.3 Å². The quantitative estimate of drug-likeness (QED) is 0.0139. The second-order valence-electron chi connectivity index (χ2n) is 14.8. The normalized spacial score (nSPS) is 15.0. The van der Waals surface area contributed by atoms with Crippen LogP contribution in [0.25, 0.3) is 0 Å². The van der Waals surface area contributed by atoms with E-state index in [2.05, 4.69) is 67.1 Å². The molecule has 0 bridgehead atoms. The third-order valence-electron chi connectivity index (χ3n) is 9.21. The van der Waals surface area contributed by atoms with Gasteiger partial charge in [-0.1, -0.05) is 40.5 Å². The Morgan fingerprint density at radius 1 is 0.583 bits per heavy atom. The van der Waals surface area contributed by atoms with Crippen molar-refractivity contribution < 1.29 is 38.7 Å². The maximum Gasteiger partial charge on any atom is 0.327 e. The third-order valence-corrected chi connectivity index (χ3v) is 9.94. The van der Waals surface area contributed by atoms with Crippen LogP contribution in [0.2, 0.25) is 0 Å². The number of nitrogens with zero attached hydrogens (tertiary/aromatic N) is 2. The van der Waals surface area contributed by atoms with Crippen molar-refractivity contribution in [1.82, 2.24) is 31.9 Å². The number of amides is 6. The summed E-state index contributed by atoms with van der Waals surface area (Å²) in [6.45, 7) is 7.83. The van der Waals surface area contributed by atoms with Gasteiger partial charge in [-0.2, -0.15) is 25.3 Å². The highest BCUT2D eigenvalue weighted by molar-refractivity contribution is 7.80. The number of aliphatic carboxylic acids is 1. The standard InChI is InChI=1S/C36H70N14O8S2/c1-5-20(4)27(33(56)47-24(16-19(2)3)31(54)48-25(17-59)32(55)49-26(18-60)34(57)58)50-30(53)23(12-9-15-44-36(41)42)46-29(52)22(11-8-14-43-35(39)40)45-28(51)21(38)10-6-7-13-37/h19-27,59-60H,5-18,37-38H2,1-4H3,(H,45,51)(H,46,52)(H,47,56)(H,48,54)(H,49,55)(H,50,53)(H,57,58)(H4,39,40,43)(H4,41,42,44)/t20-,21-,22-,23-,24-,25-,26-,27-/m0/s1. The van der Waals surface area contributed by atoms with Crippen molar-refractivity contribution in [2.45, 2.75) is 128 Å². The van der Waals surface area contributed by atoms with E-state index in [9.17, 15) is 38.7 Å². The summed E-state index contributed by atoms with van der Waals surface area (Å²) in [5.74, 6) is -6.96. The fourth-order valence-corrected chi connectivity index (χ4v) is 6.08. The molecule has 0 aliphatic heterocycles. The monoisotopic (exact) mass is 890 g/mol. The van der Waals surface area contributed by atoms with E-state index in [1.807, 2.05) is 13.8 Å². The third kappa shape index (κ3) is 22.7. The van der Waals surface area contributed by atoms with Crippen molar-refractivity contribution >= 4 is 78.6 Å². The molecule has 19 N–H and O–H groups in total. The fourth-order valence-electron chi connectivity index (χ4n) is 5.58. The van der Waals surface area contributed by atoms with Gasteiger partial charge in [-0.05, 0) is 63.3 Å². The molecular weight excluding hydrogens is 821 g/mol. The first-order chi connectivity index (χ1) is 28.2. The van der Waals surface area contributed by atoms with Crippen LogP contribution in [0, 0.1) is 11.8 Å². The largest absolute Gasteiger partial charge is 0.480 e. The van der Waals surface area contributed by atoms with Gasteiger partial charge in [0.1, 0.15) is 36.3 Å². The van der Waals surface area contributed by atoms with Crippen molar-refractivity contribution in [2.75, 3.05) is 31.1 Å². The molecule has 0 aliphatic carbocycles. The van der Waals surface area contributed by atoms with Gasteiger partial charge in [0.15, 0.2) is 11.9 Å². The number of carboxylic acid groups (broad SMARTS) is 1. The van der Waals surface area contributed by atoms with Crippen molar-refractivity contribution in [3.05, 3.63) is 0 Å². The summed E-state index contributed by atoms with van der Waals surface area (Å²) in [4.78, 5) is 101. The Kier molecular flexibility index (Phi) is 28.2. The van der Waals surface area contributed by atoms with Gasteiger partial charge in [0.25, 0.3) is 0 Å². The fraction of sp³-hybridized carbons (Fsp3) is 0.750. The average Bonchev–Trinajstić information content (AvgIpc) is 3.18. The van der Waals surface area contributed by atoms with Crippen LogP contribution < -0.4 is 66.3 Å². The van der Waals surface area contributed by atoms with Crippen LogP contribution in [0.4, 0.5) is 0 Å². The smallest absolute Gasteiger partial charge is 0.327 e. The van der Waals surface area contributed by atoms with Crippen LogP contribution in [0.15, 0.2) is 9.98 Å². The van der Waals surface area contributed by atoms with Crippen molar-refractivity contribution in [3.8, 4) is 0 Å². The van der Waals surface area contributed by atoms with E-state index in [4.69, 9.17) is 34.4 Å². The molecule has 0 heterocycles. The molecule has 0 radical (unpaired) electrons. The maximum atomic E-state index is 14.1. The zero-order chi connectivity index (χ0) is 45.9. The molecule has 0 fully saturated rings. The summed E-state index contributed by atoms with van der Waals surface area (Å²) in [6.07, 6.45) is 2.71. The first-order valence-electron chi connectivity index (χ1n) is 20.1. The molecule has 0 spiro atoms. The number of carbonyl (C=O) groups is 7. The first kappa shape index (κ1) is 55.5. The lowest BCUT2D eigenvalue weighted by molar-refractivity contribution is -0.141. The van der Waals surface area contributed by atoms with Gasteiger partial charge >= 0.3 is 5.97 Å². The molecule has 60 heavy (non-hydrogen) atoms. The molecule has 0 aromatic rings. The summed E-state index contributed by atoms with van der Waals surface area (Å²) in [7, 11) is 0. The predicted octanol–water partition coefficient (Wildman–Crippen LogP) is -3.50. The van der Waals surface area contributed by atoms with Crippen LogP contribution in [-0.2, 0) is 33.6 Å². The Morgan fingerprint density at radius 3 is 1.47 bits per heavy atom. The zero-order valence-corrected chi connectivity index (χ0v) is 36.9. The van der Waals surface area contributed by atoms with Gasteiger partial charge in [0, 0.05) is 24.6 Å². The van der Waals surface area contributed by atoms with Gasteiger partial charge < -0.3 is 71.4 Å². The number of nitrogens with two attached hydrogens (primary N) is 6. The minimum absolute atomic E-state index is 0.0119. The minimum Gasteiger partial charge on any atom is -0.480 e. The lowest BCUT2D eigenvalue weighted by Crippen LogP contribution is -2.61. The summed E-state index contributed by atoms with van der Waals surface area (Å²) in [5.41, 5.74) is 33.5. The highest BCUT2D eigenvalue weighted by Crippen LogP contribution is 2.13. The van der Waals surface area contributed by atoms with E-state index in [1.165, 1.54) is 0 Å². The Bertz CT molecular complexity index is 1450. The number of thiol groups is 2. The average molecular weight is 891 g/mol. The van der Waals surface area contributed by atoms with Gasteiger partial charge in [-0.25, -0.2) is 4.79 Å². The molecule has 0 saturated carbocycles. The Labute approximate surface area is 363 Å². The van der Waals surface area contributed by atoms with E-state index in [0.29, 0.717) is 32.2 Å². The maximum absolute atomic E-state index is 14.1. The Balaban J connectivity index is 6.48. The van der Waals surface area contributed by atoms with Gasteiger partial charge in [-0.3, -0.25) is 38.8 Å². The molecule has 24 heteroatoms. The second kappa shape index (κ2) is 30.5. The molecular formula is C36H70N14O8S2. The van der Waals surface area contributed by atoms with E-state index in [-0.39, 0.29) is 74.5 Å². The molecule has 8 atom stereocenters. The topological polar surface area (TPSA) is 393 Å². The molecule has 22 nitrogen and oxygen atoms in total. The highest BCUT2D eigenvalue weighted by Gasteiger charge is 2.35. The summed E-state index contributed by atoms with van der Waals surface area (Å²) in [5, 5.41) is 24.9. The minimum atomic E-state index is -1.32. The van der Waals surface area contributed by atoms with Gasteiger partial charge in [0.2, 0.25) is 35.4 Å². The summed E-state index contributed by atoms with van der Waals surface area (Å²) in [6, 6.07) is -8.30. The van der Waals surface area contributed by atoms with Crippen LogP contribution in [0.1, 0.15) is 85.5 Å². The van der Waals surface area contributed by atoms with Crippen molar-refractivity contribution in [3.63, 3.8) is 0 Å². The van der Waals surface area contributed by atoms with Crippen LogP contribution in [0.5, 0.6) is 0 Å². The van der Waals surface area contributed by atoms with Gasteiger partial charge in [0.05, 0.1) is 6.04 Å². The van der Waals surface area contributed by atoms with Gasteiger partial charge in [-0.15, -0.1) is 0 Å². The molecule has 0 saturated heterocycles. The van der Waals surface area contributed by atoms with Crippen molar-refractivity contribution in [2.24, 2.45) is 56.2 Å². The van der Waals surface area contributed by atoms with E-state index >= 15 is 0 Å². The van der Waals surface area contributed by atoms with E-state index < -0.39 is 89.6 Å². The highest BCUT2D eigenvalue weighted by atomic mass is 32.1. The number of aliphatic imine (C=N–C) groups is 2. The van der Waals surface area contributed by atoms with Crippen LogP contribution in [0.3, 0.4) is 0 Å². The number of nitrogens with one attached hydrogen (secondary N) is 6. The molecule has 0 aliphatic rings. The van der Waals surface area contributed by atoms with E-state index in [1.54, 1.807) is 13.8 Å². The Hall–Kier alpha value is -4.55. The molecule has 0 unspecified atom stereocenters. The number of rotatable bonds is 31. The molecule has 344 valence electrons.